The van der Waals surface area contributed by atoms with Gasteiger partial charge in [0.15, 0.2) is 0 Å². The predicted octanol–water partition coefficient (Wildman–Crippen LogP) is 4.77. The lowest BCUT2D eigenvalue weighted by molar-refractivity contribution is 0.395. The van der Waals surface area contributed by atoms with Crippen LogP contribution in [0.2, 0.25) is 0 Å². The van der Waals surface area contributed by atoms with Crippen molar-refractivity contribution in [2.24, 2.45) is 0 Å². The molecule has 0 aliphatic heterocycles. The highest BCUT2D eigenvalue weighted by Gasteiger charge is 2.17. The molecule has 0 saturated carbocycles. The van der Waals surface area contributed by atoms with Gasteiger partial charge in [-0.05, 0) is 56.1 Å². The second-order valence-electron chi connectivity index (χ2n) is 4.89. The molecule has 1 aromatic carbocycles. The minimum Gasteiger partial charge on any atom is -0.465 e. The van der Waals surface area contributed by atoms with Crippen LogP contribution in [-0.2, 0) is 6.42 Å². The molecule has 0 amide bonds. The first-order valence-corrected chi connectivity index (χ1v) is 7.63. The minimum absolute atomic E-state index is 0.000625. The van der Waals surface area contributed by atoms with Crippen molar-refractivity contribution in [1.29, 1.82) is 0 Å². The first kappa shape index (κ1) is 15.3. The summed E-state index contributed by atoms with van der Waals surface area (Å²) in [5, 5.41) is 3.42. The first-order valence-electron chi connectivity index (χ1n) is 6.83. The van der Waals surface area contributed by atoms with Crippen molar-refractivity contribution in [3.63, 3.8) is 0 Å². The van der Waals surface area contributed by atoms with E-state index in [1.54, 1.807) is 0 Å². The van der Waals surface area contributed by atoms with Crippen molar-refractivity contribution in [1.82, 2.24) is 5.32 Å². The molecule has 108 valence electrons. The van der Waals surface area contributed by atoms with Crippen molar-refractivity contribution in [3.8, 4) is 0 Å². The summed E-state index contributed by atoms with van der Waals surface area (Å²) in [5.74, 6) is 1.55. The maximum absolute atomic E-state index is 14.0. The molecule has 0 fully saturated rings. The molecule has 2 nitrogen and oxygen atoms in total. The van der Waals surface area contributed by atoms with Crippen LogP contribution in [0.25, 0.3) is 0 Å². The molecule has 2 rings (SSSR count). The lowest BCUT2D eigenvalue weighted by Gasteiger charge is -2.17. The number of furan rings is 1. The van der Waals surface area contributed by atoms with E-state index in [-0.39, 0.29) is 11.9 Å². The van der Waals surface area contributed by atoms with Crippen molar-refractivity contribution in [3.05, 3.63) is 57.7 Å². The van der Waals surface area contributed by atoms with Crippen LogP contribution < -0.4 is 5.32 Å². The van der Waals surface area contributed by atoms with Crippen LogP contribution in [0, 0.1) is 12.7 Å². The fraction of sp³-hybridized carbons (Fsp3) is 0.375. The summed E-state index contributed by atoms with van der Waals surface area (Å²) in [6, 6.07) is 9.07. The standard InChI is InChI=1S/C16H19BrFNO/c1-3-8-19-15(16-7-4-11(2)20-16)9-12-5-6-13(17)10-14(12)18/h4-7,10,15,19H,3,8-9H2,1-2H3. The zero-order valence-electron chi connectivity index (χ0n) is 11.7. The zero-order chi connectivity index (χ0) is 14.5. The molecule has 1 unspecified atom stereocenters. The third-order valence-electron chi connectivity index (χ3n) is 3.18. The van der Waals surface area contributed by atoms with E-state index < -0.39 is 0 Å². The maximum atomic E-state index is 14.0. The van der Waals surface area contributed by atoms with E-state index in [0.717, 1.165) is 29.0 Å². The molecule has 0 bridgehead atoms. The summed E-state index contributed by atoms with van der Waals surface area (Å²) in [5.41, 5.74) is 0.691. The molecule has 1 atom stereocenters. The summed E-state index contributed by atoms with van der Waals surface area (Å²) in [7, 11) is 0. The summed E-state index contributed by atoms with van der Waals surface area (Å²) in [4.78, 5) is 0. The normalized spacial score (nSPS) is 12.6. The minimum atomic E-state index is -0.189. The maximum Gasteiger partial charge on any atom is 0.127 e. The van der Waals surface area contributed by atoms with Crippen LogP contribution in [0.15, 0.2) is 39.2 Å². The Hall–Kier alpha value is -1.13. The molecule has 0 aliphatic carbocycles. The third-order valence-corrected chi connectivity index (χ3v) is 3.68. The highest BCUT2D eigenvalue weighted by Crippen LogP contribution is 2.24. The number of aryl methyl sites for hydroxylation is 1. The molecule has 20 heavy (non-hydrogen) atoms. The predicted molar refractivity (Wildman–Crippen MR) is 82.3 cm³/mol. The summed E-state index contributed by atoms with van der Waals surface area (Å²) in [6.45, 7) is 4.90. The largest absolute Gasteiger partial charge is 0.465 e. The van der Waals surface area contributed by atoms with Crippen molar-refractivity contribution < 1.29 is 8.81 Å². The van der Waals surface area contributed by atoms with Crippen LogP contribution in [0.4, 0.5) is 4.39 Å². The number of hydrogen-bond acceptors (Lipinski definition) is 2. The third kappa shape index (κ3) is 3.93. The van der Waals surface area contributed by atoms with Crippen molar-refractivity contribution >= 4 is 15.9 Å². The lowest BCUT2D eigenvalue weighted by Crippen LogP contribution is -2.24. The number of nitrogens with one attached hydrogen (secondary N) is 1. The Morgan fingerprint density at radius 1 is 1.30 bits per heavy atom. The fourth-order valence-corrected chi connectivity index (χ4v) is 2.47. The van der Waals surface area contributed by atoms with E-state index in [1.807, 2.05) is 31.2 Å². The molecule has 0 aliphatic rings. The molecular weight excluding hydrogens is 321 g/mol. The molecule has 0 saturated heterocycles. The summed E-state index contributed by atoms with van der Waals surface area (Å²) in [6.07, 6.45) is 1.60. The van der Waals surface area contributed by atoms with Gasteiger partial charge >= 0.3 is 0 Å². The smallest absolute Gasteiger partial charge is 0.127 e. The van der Waals surface area contributed by atoms with Crippen LogP contribution in [0.1, 0.15) is 36.5 Å². The fourth-order valence-electron chi connectivity index (χ4n) is 2.14. The van der Waals surface area contributed by atoms with Gasteiger partial charge in [0, 0.05) is 4.47 Å². The Labute approximate surface area is 127 Å². The van der Waals surface area contributed by atoms with Crippen LogP contribution in [-0.4, -0.2) is 6.54 Å². The topological polar surface area (TPSA) is 25.2 Å². The van der Waals surface area contributed by atoms with E-state index in [0.29, 0.717) is 12.0 Å². The van der Waals surface area contributed by atoms with Gasteiger partial charge in [0.1, 0.15) is 17.3 Å². The summed E-state index contributed by atoms with van der Waals surface area (Å²) < 4.78 is 20.4. The quantitative estimate of drug-likeness (QED) is 0.819. The zero-order valence-corrected chi connectivity index (χ0v) is 13.3. The van der Waals surface area contributed by atoms with Gasteiger partial charge in [0.2, 0.25) is 0 Å². The van der Waals surface area contributed by atoms with Crippen LogP contribution in [0.3, 0.4) is 0 Å². The monoisotopic (exact) mass is 339 g/mol. The van der Waals surface area contributed by atoms with Gasteiger partial charge in [-0.15, -0.1) is 0 Å². The number of hydrogen-bond donors (Lipinski definition) is 1. The Bertz CT molecular complexity index is 567. The van der Waals surface area contributed by atoms with Gasteiger partial charge < -0.3 is 9.73 Å². The van der Waals surface area contributed by atoms with Crippen molar-refractivity contribution in [2.75, 3.05) is 6.54 Å². The van der Waals surface area contributed by atoms with Crippen molar-refractivity contribution in [2.45, 2.75) is 32.7 Å². The number of rotatable bonds is 6. The molecule has 1 heterocycles. The molecule has 0 radical (unpaired) electrons. The van der Waals surface area contributed by atoms with E-state index >= 15 is 0 Å². The van der Waals surface area contributed by atoms with Crippen LogP contribution >= 0.6 is 15.9 Å². The van der Waals surface area contributed by atoms with E-state index in [4.69, 9.17) is 4.42 Å². The van der Waals surface area contributed by atoms with Crippen LogP contribution in [0.5, 0.6) is 0 Å². The number of benzene rings is 1. The van der Waals surface area contributed by atoms with E-state index in [1.165, 1.54) is 6.07 Å². The molecule has 1 aromatic heterocycles. The summed E-state index contributed by atoms with van der Waals surface area (Å²) >= 11 is 3.28. The van der Waals surface area contributed by atoms with E-state index in [2.05, 4.69) is 28.2 Å². The van der Waals surface area contributed by atoms with Gasteiger partial charge in [0.25, 0.3) is 0 Å². The SMILES string of the molecule is CCCNC(Cc1ccc(Br)cc1F)c1ccc(C)o1. The second-order valence-corrected chi connectivity index (χ2v) is 5.81. The van der Waals surface area contributed by atoms with Gasteiger partial charge in [0.05, 0.1) is 6.04 Å². The highest BCUT2D eigenvalue weighted by molar-refractivity contribution is 9.10. The molecule has 1 N–H and O–H groups in total. The Kier molecular flexibility index (Phi) is 5.38. The Morgan fingerprint density at radius 2 is 2.10 bits per heavy atom. The molecule has 4 heteroatoms. The van der Waals surface area contributed by atoms with Gasteiger partial charge in [-0.1, -0.05) is 28.9 Å². The number of halogens is 2. The van der Waals surface area contributed by atoms with Gasteiger partial charge in [-0.25, -0.2) is 4.39 Å². The first-order chi connectivity index (χ1) is 9.60. The van der Waals surface area contributed by atoms with Gasteiger partial charge in [-0.3, -0.25) is 0 Å². The molecule has 0 spiro atoms. The van der Waals surface area contributed by atoms with E-state index in [9.17, 15) is 4.39 Å². The lowest BCUT2D eigenvalue weighted by atomic mass is 10.0. The Balaban J connectivity index is 2.18. The average Bonchev–Trinajstić information content (AvgIpc) is 2.83. The van der Waals surface area contributed by atoms with Gasteiger partial charge in [-0.2, -0.15) is 0 Å². The second kappa shape index (κ2) is 7.04. The Morgan fingerprint density at radius 3 is 2.70 bits per heavy atom. The molecular formula is C16H19BrFNO. The highest BCUT2D eigenvalue weighted by atomic mass is 79.9. The average molecular weight is 340 g/mol. The molecule has 2 aromatic rings.